The zero-order chi connectivity index (χ0) is 24.8. The quantitative estimate of drug-likeness (QED) is 0.472. The first-order valence-corrected chi connectivity index (χ1v) is 11.4. The number of ether oxygens (including phenoxy) is 2. The zero-order valence-corrected chi connectivity index (χ0v) is 19.7. The molecular formula is C26H28FN3O5. The second kappa shape index (κ2) is 10.9. The molecule has 0 atom stereocenters. The summed E-state index contributed by atoms with van der Waals surface area (Å²) in [7, 11) is 0. The van der Waals surface area contributed by atoms with Gasteiger partial charge in [-0.2, -0.15) is 0 Å². The Balaban J connectivity index is 1.50. The summed E-state index contributed by atoms with van der Waals surface area (Å²) in [5.74, 6) is 1.32. The second-order valence-corrected chi connectivity index (χ2v) is 8.73. The molecule has 3 aromatic rings. The highest BCUT2D eigenvalue weighted by molar-refractivity contribution is 5.92. The Labute approximate surface area is 203 Å². The first-order valence-electron chi connectivity index (χ1n) is 11.4. The predicted octanol–water partition coefficient (Wildman–Crippen LogP) is 4.87. The average molecular weight is 482 g/mol. The van der Waals surface area contributed by atoms with E-state index in [0.29, 0.717) is 29.5 Å². The molecule has 0 fully saturated rings. The van der Waals surface area contributed by atoms with E-state index < -0.39 is 11.8 Å². The number of hydrogen-bond acceptors (Lipinski definition) is 5. The molecule has 1 aliphatic rings. The molecule has 35 heavy (non-hydrogen) atoms. The number of hydrogen-bond donors (Lipinski definition) is 1. The van der Waals surface area contributed by atoms with Gasteiger partial charge in [-0.15, -0.1) is 0 Å². The third-order valence-corrected chi connectivity index (χ3v) is 5.36. The van der Waals surface area contributed by atoms with Crippen molar-refractivity contribution in [2.75, 3.05) is 25.2 Å². The topological polar surface area (TPSA) is 84.2 Å². The molecule has 2 heterocycles. The van der Waals surface area contributed by atoms with Crippen molar-refractivity contribution in [3.05, 3.63) is 78.0 Å². The Morgan fingerprint density at radius 3 is 2.57 bits per heavy atom. The van der Waals surface area contributed by atoms with E-state index in [1.807, 2.05) is 32.0 Å². The monoisotopic (exact) mass is 481 g/mol. The van der Waals surface area contributed by atoms with Crippen molar-refractivity contribution < 1.29 is 27.9 Å². The smallest absolute Gasteiger partial charge is 0.322 e. The molecule has 3 amide bonds. The van der Waals surface area contributed by atoms with Crippen LogP contribution < -0.4 is 14.8 Å². The molecular weight excluding hydrogens is 453 g/mol. The van der Waals surface area contributed by atoms with Gasteiger partial charge in [-0.25, -0.2) is 9.18 Å². The summed E-state index contributed by atoms with van der Waals surface area (Å²) in [5.41, 5.74) is 1.18. The van der Waals surface area contributed by atoms with E-state index in [9.17, 15) is 14.0 Å². The molecule has 8 nitrogen and oxygen atoms in total. The van der Waals surface area contributed by atoms with Crippen LogP contribution in [0.25, 0.3) is 0 Å². The Morgan fingerprint density at radius 1 is 1.00 bits per heavy atom. The fourth-order valence-corrected chi connectivity index (χ4v) is 3.77. The minimum absolute atomic E-state index is 0.119. The van der Waals surface area contributed by atoms with E-state index >= 15 is 0 Å². The van der Waals surface area contributed by atoms with Gasteiger partial charge in [0.15, 0.2) is 11.5 Å². The van der Waals surface area contributed by atoms with Crippen LogP contribution in [0.4, 0.5) is 14.9 Å². The number of fused-ring (bicyclic) bond motifs is 1. The fraction of sp³-hybridized carbons (Fsp3) is 0.308. The number of amides is 3. The summed E-state index contributed by atoms with van der Waals surface area (Å²) in [6.45, 7) is 4.81. The van der Waals surface area contributed by atoms with Crippen LogP contribution in [0.15, 0.2) is 65.3 Å². The largest absolute Gasteiger partial charge is 0.467 e. The molecule has 2 aromatic carbocycles. The lowest BCUT2D eigenvalue weighted by Gasteiger charge is -2.28. The lowest BCUT2D eigenvalue weighted by Crippen LogP contribution is -2.45. The number of furan rings is 1. The zero-order valence-electron chi connectivity index (χ0n) is 19.7. The second-order valence-electron chi connectivity index (χ2n) is 8.73. The minimum atomic E-state index is -0.473. The number of nitrogens with one attached hydrogen (secondary N) is 1. The van der Waals surface area contributed by atoms with Gasteiger partial charge in [0.1, 0.15) is 18.1 Å². The molecule has 1 aliphatic heterocycles. The van der Waals surface area contributed by atoms with E-state index in [1.54, 1.807) is 29.4 Å². The van der Waals surface area contributed by atoms with Crippen molar-refractivity contribution in [1.82, 2.24) is 9.80 Å². The van der Waals surface area contributed by atoms with Gasteiger partial charge in [-0.05, 0) is 53.9 Å². The number of rotatable bonds is 9. The summed E-state index contributed by atoms with van der Waals surface area (Å²) in [6.07, 6.45) is 1.55. The minimum Gasteiger partial charge on any atom is -0.467 e. The van der Waals surface area contributed by atoms with Crippen LogP contribution in [-0.4, -0.2) is 41.6 Å². The van der Waals surface area contributed by atoms with E-state index in [0.717, 1.165) is 5.56 Å². The van der Waals surface area contributed by atoms with Crippen LogP contribution in [0.2, 0.25) is 0 Å². The molecule has 9 heteroatoms. The number of carbonyl (C=O) groups is 2. The van der Waals surface area contributed by atoms with Crippen molar-refractivity contribution >= 4 is 17.6 Å². The van der Waals surface area contributed by atoms with Gasteiger partial charge >= 0.3 is 6.03 Å². The van der Waals surface area contributed by atoms with Crippen molar-refractivity contribution in [2.45, 2.75) is 26.9 Å². The Hall–Kier alpha value is -4.01. The fourth-order valence-electron chi connectivity index (χ4n) is 3.77. The maximum absolute atomic E-state index is 13.6. The normalized spacial score (nSPS) is 12.0. The van der Waals surface area contributed by atoms with Crippen LogP contribution in [-0.2, 0) is 17.9 Å². The predicted molar refractivity (Wildman–Crippen MR) is 127 cm³/mol. The van der Waals surface area contributed by atoms with Crippen LogP contribution in [0.3, 0.4) is 0 Å². The van der Waals surface area contributed by atoms with Gasteiger partial charge in [-0.1, -0.05) is 26.0 Å². The molecule has 0 saturated heterocycles. The van der Waals surface area contributed by atoms with Gasteiger partial charge in [0.05, 0.1) is 12.8 Å². The van der Waals surface area contributed by atoms with Crippen molar-refractivity contribution in [3.8, 4) is 11.5 Å². The first-order chi connectivity index (χ1) is 16.9. The average Bonchev–Trinajstić information content (AvgIpc) is 3.49. The van der Waals surface area contributed by atoms with Crippen molar-refractivity contribution in [2.24, 2.45) is 5.92 Å². The van der Waals surface area contributed by atoms with Gasteiger partial charge in [-0.3, -0.25) is 4.79 Å². The maximum Gasteiger partial charge on any atom is 0.322 e. The van der Waals surface area contributed by atoms with Crippen LogP contribution in [0.1, 0.15) is 25.2 Å². The van der Waals surface area contributed by atoms with Gasteiger partial charge in [0.25, 0.3) is 0 Å². The number of carbonyl (C=O) groups excluding carboxylic acids is 2. The molecule has 1 aromatic heterocycles. The molecule has 0 aliphatic carbocycles. The third kappa shape index (κ3) is 6.53. The Bertz CT molecular complexity index is 1170. The molecule has 0 saturated carbocycles. The summed E-state index contributed by atoms with van der Waals surface area (Å²) in [4.78, 5) is 29.5. The molecule has 0 spiro atoms. The summed E-state index contributed by atoms with van der Waals surface area (Å²) < 4.78 is 29.9. The molecule has 1 N–H and O–H groups in total. The Morgan fingerprint density at radius 2 is 1.83 bits per heavy atom. The maximum atomic E-state index is 13.6. The Kier molecular flexibility index (Phi) is 7.54. The molecule has 0 bridgehead atoms. The SMILES string of the molecule is CC(C)CN(CC(=O)N(Cc1ccc2c(c1)OCO2)Cc1ccco1)C(=O)Nc1cccc(F)c1. The van der Waals surface area contributed by atoms with E-state index in [2.05, 4.69) is 5.32 Å². The standard InChI is InChI=1S/C26H28FN3O5/c1-18(2)13-30(26(32)28-21-6-3-5-20(27)12-21)16-25(31)29(15-22-7-4-10-33-22)14-19-8-9-23-24(11-19)35-17-34-23/h3-12,18H,13-17H2,1-2H3,(H,28,32). The third-order valence-electron chi connectivity index (χ3n) is 5.36. The van der Waals surface area contributed by atoms with Crippen molar-refractivity contribution in [3.63, 3.8) is 0 Å². The van der Waals surface area contributed by atoms with E-state index in [4.69, 9.17) is 13.9 Å². The lowest BCUT2D eigenvalue weighted by atomic mass is 10.1. The number of benzene rings is 2. The summed E-state index contributed by atoms with van der Waals surface area (Å²) in [6, 6.07) is 14.2. The summed E-state index contributed by atoms with van der Waals surface area (Å²) >= 11 is 0. The van der Waals surface area contributed by atoms with E-state index in [1.165, 1.54) is 23.1 Å². The van der Waals surface area contributed by atoms with E-state index in [-0.39, 0.29) is 38.3 Å². The van der Waals surface area contributed by atoms with Crippen LogP contribution >= 0.6 is 0 Å². The highest BCUT2D eigenvalue weighted by Crippen LogP contribution is 2.33. The lowest BCUT2D eigenvalue weighted by molar-refractivity contribution is -0.133. The number of anilines is 1. The summed E-state index contributed by atoms with van der Waals surface area (Å²) in [5, 5.41) is 2.68. The molecule has 0 unspecified atom stereocenters. The molecule has 0 radical (unpaired) electrons. The van der Waals surface area contributed by atoms with Gasteiger partial charge in [0.2, 0.25) is 12.7 Å². The number of halogens is 1. The van der Waals surface area contributed by atoms with Crippen LogP contribution in [0, 0.1) is 11.7 Å². The molecule has 4 rings (SSSR count). The molecule has 184 valence electrons. The number of urea groups is 1. The van der Waals surface area contributed by atoms with Gasteiger partial charge < -0.3 is 29.0 Å². The first kappa shape index (κ1) is 24.1. The number of nitrogens with zero attached hydrogens (tertiary/aromatic N) is 2. The van der Waals surface area contributed by atoms with Crippen LogP contribution in [0.5, 0.6) is 11.5 Å². The van der Waals surface area contributed by atoms with Gasteiger partial charge in [0, 0.05) is 18.8 Å². The van der Waals surface area contributed by atoms with Crippen molar-refractivity contribution in [1.29, 1.82) is 0 Å². The highest BCUT2D eigenvalue weighted by atomic mass is 19.1. The highest BCUT2D eigenvalue weighted by Gasteiger charge is 2.24.